The van der Waals surface area contributed by atoms with Crippen LogP contribution in [0.3, 0.4) is 0 Å². The average molecular weight is 418 g/mol. The molecule has 3 aromatic rings. The largest absolute Gasteiger partial charge is 0.496 e. The summed E-state index contributed by atoms with van der Waals surface area (Å²) in [5, 5.41) is 6.16. The summed E-state index contributed by atoms with van der Waals surface area (Å²) in [6.07, 6.45) is 2.46. The number of nitrogens with zero attached hydrogens (tertiary/aromatic N) is 2. The first-order valence-corrected chi connectivity index (χ1v) is 10.1. The van der Waals surface area contributed by atoms with Gasteiger partial charge in [0.2, 0.25) is 5.91 Å². The van der Waals surface area contributed by atoms with Crippen molar-refractivity contribution in [3.8, 4) is 5.75 Å². The van der Waals surface area contributed by atoms with Gasteiger partial charge in [-0.05, 0) is 43.2 Å². The van der Waals surface area contributed by atoms with Crippen LogP contribution in [0, 0.1) is 6.92 Å². The topological polar surface area (TPSA) is 93.2 Å². The van der Waals surface area contributed by atoms with Crippen molar-refractivity contribution in [2.45, 2.75) is 33.1 Å². The maximum Gasteiger partial charge on any atom is 0.224 e. The van der Waals surface area contributed by atoms with Gasteiger partial charge in [0.1, 0.15) is 17.9 Å². The number of aromatic nitrogens is 2. The van der Waals surface area contributed by atoms with E-state index in [4.69, 9.17) is 4.74 Å². The molecule has 7 heteroatoms. The quantitative estimate of drug-likeness (QED) is 0.489. The molecule has 2 N–H and O–H groups in total. The number of benzene rings is 2. The van der Waals surface area contributed by atoms with Crippen molar-refractivity contribution in [3.05, 3.63) is 71.7 Å². The van der Waals surface area contributed by atoms with E-state index >= 15 is 0 Å². The van der Waals surface area contributed by atoms with E-state index in [-0.39, 0.29) is 24.5 Å². The molecule has 0 saturated carbocycles. The van der Waals surface area contributed by atoms with Crippen LogP contribution in [0.5, 0.6) is 5.75 Å². The minimum absolute atomic E-state index is 0.0861. The second kappa shape index (κ2) is 10.3. The Morgan fingerprint density at radius 3 is 2.58 bits per heavy atom. The number of ether oxygens (including phenoxy) is 1. The molecule has 0 bridgehead atoms. The molecule has 1 amide bonds. The molecule has 7 nitrogen and oxygen atoms in total. The summed E-state index contributed by atoms with van der Waals surface area (Å²) in [5.74, 6) is 0.849. The Labute approximate surface area is 181 Å². The molecular weight excluding hydrogens is 392 g/mol. The van der Waals surface area contributed by atoms with Crippen molar-refractivity contribution in [2.24, 2.45) is 0 Å². The number of ketones is 1. The zero-order valence-electron chi connectivity index (χ0n) is 17.9. The van der Waals surface area contributed by atoms with E-state index in [1.165, 1.54) is 13.4 Å². The second-order valence-corrected chi connectivity index (χ2v) is 7.07. The Kier molecular flexibility index (Phi) is 7.32. The van der Waals surface area contributed by atoms with Gasteiger partial charge in [-0.15, -0.1) is 0 Å². The number of hydrogen-bond acceptors (Lipinski definition) is 6. The van der Waals surface area contributed by atoms with Gasteiger partial charge in [0.05, 0.1) is 12.7 Å². The monoisotopic (exact) mass is 418 g/mol. The summed E-state index contributed by atoms with van der Waals surface area (Å²) in [4.78, 5) is 33.3. The van der Waals surface area contributed by atoms with Crippen LogP contribution in [0.1, 0.15) is 41.4 Å². The highest BCUT2D eigenvalue weighted by molar-refractivity contribution is 6.02. The maximum atomic E-state index is 12.5. The van der Waals surface area contributed by atoms with Crippen LogP contribution in [0.15, 0.2) is 54.9 Å². The normalized spacial score (nSPS) is 10.4. The van der Waals surface area contributed by atoms with E-state index in [2.05, 4.69) is 20.6 Å². The van der Waals surface area contributed by atoms with Crippen molar-refractivity contribution in [1.82, 2.24) is 9.97 Å². The van der Waals surface area contributed by atoms with Crippen LogP contribution in [-0.4, -0.2) is 28.8 Å². The van der Waals surface area contributed by atoms with Crippen LogP contribution in [0.2, 0.25) is 0 Å². The Hall–Kier alpha value is -3.74. The minimum Gasteiger partial charge on any atom is -0.496 e. The fourth-order valence-corrected chi connectivity index (χ4v) is 3.20. The first-order chi connectivity index (χ1) is 15.0. The number of amides is 1. The molecule has 0 saturated heterocycles. The van der Waals surface area contributed by atoms with Crippen molar-refractivity contribution >= 4 is 28.9 Å². The Morgan fingerprint density at radius 2 is 1.84 bits per heavy atom. The highest BCUT2D eigenvalue weighted by Crippen LogP contribution is 2.25. The molecule has 0 aliphatic rings. The molecular formula is C24H26N4O3. The number of Topliss-reactive ketones (excluding diaryl/α,β-unsaturated/α-hetero) is 1. The van der Waals surface area contributed by atoms with E-state index in [0.717, 1.165) is 23.4 Å². The molecule has 1 heterocycles. The predicted octanol–water partition coefficient (Wildman–Crippen LogP) is 4.70. The smallest absolute Gasteiger partial charge is 0.224 e. The molecule has 0 spiro atoms. The summed E-state index contributed by atoms with van der Waals surface area (Å²) in [6.45, 7) is 3.92. The summed E-state index contributed by atoms with van der Waals surface area (Å²) in [6, 6.07) is 14.6. The van der Waals surface area contributed by atoms with Crippen molar-refractivity contribution in [1.29, 1.82) is 0 Å². The summed E-state index contributed by atoms with van der Waals surface area (Å²) < 4.78 is 5.23. The number of nitrogens with one attached hydrogen (secondary N) is 2. The van der Waals surface area contributed by atoms with E-state index in [0.29, 0.717) is 22.8 Å². The number of anilines is 3. The molecule has 31 heavy (non-hydrogen) atoms. The number of hydrogen-bond donors (Lipinski definition) is 2. The summed E-state index contributed by atoms with van der Waals surface area (Å²) >= 11 is 0. The lowest BCUT2D eigenvalue weighted by Gasteiger charge is -2.13. The van der Waals surface area contributed by atoms with Crippen molar-refractivity contribution in [3.63, 3.8) is 0 Å². The molecule has 1 aromatic heterocycles. The van der Waals surface area contributed by atoms with Gasteiger partial charge in [-0.1, -0.05) is 25.1 Å². The highest BCUT2D eigenvalue weighted by Gasteiger charge is 2.14. The molecule has 0 aliphatic heterocycles. The van der Waals surface area contributed by atoms with Crippen LogP contribution >= 0.6 is 0 Å². The number of methoxy groups -OCH3 is 1. The average Bonchev–Trinajstić information content (AvgIpc) is 2.77. The van der Waals surface area contributed by atoms with Gasteiger partial charge in [0, 0.05) is 36.0 Å². The van der Waals surface area contributed by atoms with E-state index in [9.17, 15) is 9.59 Å². The van der Waals surface area contributed by atoms with Gasteiger partial charge in [-0.25, -0.2) is 9.97 Å². The first-order valence-electron chi connectivity index (χ1n) is 10.1. The van der Waals surface area contributed by atoms with E-state index in [1.807, 2.05) is 38.1 Å². The van der Waals surface area contributed by atoms with Crippen LogP contribution in [-0.2, 0) is 11.2 Å². The van der Waals surface area contributed by atoms with Gasteiger partial charge < -0.3 is 15.4 Å². The SMILES string of the molecule is CCc1ccc(Nc2cc(C)ncn2)cc1NC(=O)CCC(=O)c1ccccc1OC. The number of carbonyl (C=O) groups excluding carboxylic acids is 2. The lowest BCUT2D eigenvalue weighted by molar-refractivity contribution is -0.116. The van der Waals surface area contributed by atoms with Gasteiger partial charge in [0.15, 0.2) is 5.78 Å². The maximum absolute atomic E-state index is 12.5. The fourth-order valence-electron chi connectivity index (χ4n) is 3.20. The summed E-state index contributed by atoms with van der Waals surface area (Å²) in [5.41, 5.74) is 3.87. The van der Waals surface area contributed by atoms with Gasteiger partial charge >= 0.3 is 0 Å². The third-order valence-corrected chi connectivity index (χ3v) is 4.83. The second-order valence-electron chi connectivity index (χ2n) is 7.07. The molecule has 0 aliphatic carbocycles. The zero-order valence-corrected chi connectivity index (χ0v) is 17.9. The van der Waals surface area contributed by atoms with Gasteiger partial charge in [-0.3, -0.25) is 9.59 Å². The lowest BCUT2D eigenvalue weighted by atomic mass is 10.0. The number of rotatable bonds is 9. The highest BCUT2D eigenvalue weighted by atomic mass is 16.5. The molecule has 2 aromatic carbocycles. The summed E-state index contributed by atoms with van der Waals surface area (Å²) in [7, 11) is 1.52. The zero-order chi connectivity index (χ0) is 22.2. The molecule has 3 rings (SSSR count). The number of aryl methyl sites for hydroxylation is 2. The fraction of sp³-hybridized carbons (Fsp3) is 0.250. The number of carbonyl (C=O) groups is 2. The van der Waals surface area contributed by atoms with E-state index < -0.39 is 0 Å². The molecule has 160 valence electrons. The van der Waals surface area contributed by atoms with Gasteiger partial charge in [0.25, 0.3) is 0 Å². The van der Waals surface area contributed by atoms with Crippen molar-refractivity contribution in [2.75, 3.05) is 17.7 Å². The third kappa shape index (κ3) is 5.88. The molecule has 0 unspecified atom stereocenters. The van der Waals surface area contributed by atoms with Crippen LogP contribution in [0.25, 0.3) is 0 Å². The van der Waals surface area contributed by atoms with E-state index in [1.54, 1.807) is 24.3 Å². The standard InChI is InChI=1S/C24H26N4O3/c1-4-17-9-10-18(27-23-13-16(2)25-15-26-23)14-20(17)28-24(30)12-11-21(29)19-7-5-6-8-22(19)31-3/h5-10,13-15H,4,11-12H2,1-3H3,(H,28,30)(H,25,26,27). The molecule has 0 radical (unpaired) electrons. The van der Waals surface area contributed by atoms with Crippen LogP contribution < -0.4 is 15.4 Å². The first kappa shape index (κ1) is 22.0. The predicted molar refractivity (Wildman–Crippen MR) is 121 cm³/mol. The number of para-hydroxylation sites is 1. The van der Waals surface area contributed by atoms with Crippen LogP contribution in [0.4, 0.5) is 17.2 Å². The Morgan fingerprint density at radius 1 is 1.03 bits per heavy atom. The third-order valence-electron chi connectivity index (χ3n) is 4.83. The van der Waals surface area contributed by atoms with Gasteiger partial charge in [-0.2, -0.15) is 0 Å². The minimum atomic E-state index is -0.215. The Bertz CT molecular complexity index is 1080. The lowest BCUT2D eigenvalue weighted by Crippen LogP contribution is -2.15. The molecule has 0 atom stereocenters. The Balaban J connectivity index is 1.66. The van der Waals surface area contributed by atoms with Crippen molar-refractivity contribution < 1.29 is 14.3 Å². The molecule has 0 fully saturated rings.